The Bertz CT molecular complexity index is 378. The van der Waals surface area contributed by atoms with Crippen molar-refractivity contribution in [1.29, 1.82) is 0 Å². The van der Waals surface area contributed by atoms with Gasteiger partial charge in [0.1, 0.15) is 0 Å². The van der Waals surface area contributed by atoms with Crippen molar-refractivity contribution in [2.45, 2.75) is 12.5 Å². The Balaban J connectivity index is 3.39. The summed E-state index contributed by atoms with van der Waals surface area (Å²) in [5, 5.41) is 0. The second-order valence-corrected chi connectivity index (χ2v) is 3.17. The van der Waals surface area contributed by atoms with Gasteiger partial charge in [-0.1, -0.05) is 0 Å². The van der Waals surface area contributed by atoms with Crippen molar-refractivity contribution in [3.05, 3.63) is 34.6 Å². The zero-order valence-electron chi connectivity index (χ0n) is 8.04. The molecule has 2 nitrogen and oxygen atoms in total. The molecule has 0 fully saturated rings. The van der Waals surface area contributed by atoms with E-state index in [0.29, 0.717) is 0 Å². The van der Waals surface area contributed by atoms with Crippen LogP contribution in [0.3, 0.4) is 0 Å². The molecule has 0 amide bonds. The lowest BCUT2D eigenvalue weighted by molar-refractivity contribution is 0.362. The van der Waals surface area contributed by atoms with Crippen molar-refractivity contribution in [3.63, 3.8) is 0 Å². The number of hydrogen-bond acceptors (Lipinski definition) is 2. The van der Waals surface area contributed by atoms with Crippen LogP contribution < -0.4 is 11.5 Å². The molecule has 16 heavy (non-hydrogen) atoms. The highest BCUT2D eigenvalue weighted by molar-refractivity contribution is 5.26. The maximum atomic E-state index is 13.1. The Morgan fingerprint density at radius 1 is 0.812 bits per heavy atom. The number of nitrogens with two attached hydrogens (primary N) is 2. The first-order valence-electron chi connectivity index (χ1n) is 4.38. The summed E-state index contributed by atoms with van der Waals surface area (Å²) in [6, 6.07) is -1.32. The average molecular weight is 240 g/mol. The maximum absolute atomic E-state index is 13.1. The summed E-state index contributed by atoms with van der Waals surface area (Å²) >= 11 is 0. The fourth-order valence-corrected chi connectivity index (χ4v) is 1.27. The molecule has 7 heteroatoms. The molecule has 4 N–H and O–H groups in total. The summed E-state index contributed by atoms with van der Waals surface area (Å²) in [6.45, 7) is -0.0271. The van der Waals surface area contributed by atoms with Gasteiger partial charge in [0.15, 0.2) is 23.3 Å². The van der Waals surface area contributed by atoms with E-state index in [1.807, 2.05) is 0 Å². The minimum absolute atomic E-state index is 0.0271. The molecule has 0 aliphatic rings. The summed E-state index contributed by atoms with van der Waals surface area (Å²) in [5.41, 5.74) is 9.34. The van der Waals surface area contributed by atoms with E-state index in [1.54, 1.807) is 0 Å². The van der Waals surface area contributed by atoms with Gasteiger partial charge in [-0.25, -0.2) is 22.0 Å². The molecule has 0 heterocycles. The zero-order valence-corrected chi connectivity index (χ0v) is 8.04. The molecule has 0 spiro atoms. The second-order valence-electron chi connectivity index (χ2n) is 3.17. The Hall–Kier alpha value is -1.21. The van der Waals surface area contributed by atoms with Crippen molar-refractivity contribution in [1.82, 2.24) is 0 Å². The normalized spacial score (nSPS) is 12.9. The van der Waals surface area contributed by atoms with Crippen LogP contribution in [0.4, 0.5) is 22.0 Å². The first kappa shape index (κ1) is 12.9. The largest absolute Gasteiger partial charge is 0.330 e. The van der Waals surface area contributed by atoms with Crippen LogP contribution in [0.15, 0.2) is 0 Å². The molecule has 0 bridgehead atoms. The third-order valence-corrected chi connectivity index (χ3v) is 2.09. The average Bonchev–Trinajstić information content (AvgIpc) is 2.24. The molecule has 1 aromatic carbocycles. The number of halogens is 5. The van der Waals surface area contributed by atoms with Crippen LogP contribution in [0.25, 0.3) is 0 Å². The van der Waals surface area contributed by atoms with Gasteiger partial charge in [0.05, 0.1) is 0 Å². The highest BCUT2D eigenvalue weighted by Gasteiger charge is 2.28. The van der Waals surface area contributed by atoms with E-state index < -0.39 is 40.7 Å². The summed E-state index contributed by atoms with van der Waals surface area (Å²) in [5.74, 6) is -10.0. The quantitative estimate of drug-likeness (QED) is 0.480. The first-order chi connectivity index (χ1) is 7.41. The highest BCUT2D eigenvalue weighted by atomic mass is 19.2. The van der Waals surface area contributed by atoms with Crippen LogP contribution in [0, 0.1) is 29.1 Å². The van der Waals surface area contributed by atoms with Gasteiger partial charge in [0.25, 0.3) is 0 Å². The summed E-state index contributed by atoms with van der Waals surface area (Å²) in [4.78, 5) is 0. The highest BCUT2D eigenvalue weighted by Crippen LogP contribution is 2.27. The molecule has 0 unspecified atom stereocenters. The van der Waals surface area contributed by atoms with Crippen LogP contribution in [0.2, 0.25) is 0 Å². The van der Waals surface area contributed by atoms with Gasteiger partial charge in [0.2, 0.25) is 5.82 Å². The molecule has 1 atom stereocenters. The molecular formula is C9H9F5N2. The molecule has 0 saturated carbocycles. The number of rotatable bonds is 3. The standard InChI is InChI=1S/C9H9F5N2/c10-5-4(3(16)1-2-15)6(11)8(13)9(14)7(5)12/h3H,1-2,15-16H2/t3-/m1/s1. The predicted octanol–water partition coefficient (Wildman–Crippen LogP) is 1.73. The van der Waals surface area contributed by atoms with E-state index in [0.717, 1.165) is 0 Å². The smallest absolute Gasteiger partial charge is 0.200 e. The molecule has 0 aliphatic carbocycles. The van der Waals surface area contributed by atoms with Gasteiger partial charge < -0.3 is 11.5 Å². The first-order valence-corrected chi connectivity index (χ1v) is 4.38. The summed E-state index contributed by atoms with van der Waals surface area (Å²) in [7, 11) is 0. The fourth-order valence-electron chi connectivity index (χ4n) is 1.27. The van der Waals surface area contributed by atoms with Gasteiger partial charge in [-0.05, 0) is 13.0 Å². The molecule has 1 aromatic rings. The summed E-state index contributed by atoms with van der Waals surface area (Å²) < 4.78 is 64.4. The Morgan fingerprint density at radius 3 is 1.56 bits per heavy atom. The molecule has 0 radical (unpaired) electrons. The Labute approximate surface area is 88.0 Å². The van der Waals surface area contributed by atoms with E-state index in [2.05, 4.69) is 0 Å². The third kappa shape index (κ3) is 2.00. The lowest BCUT2D eigenvalue weighted by Gasteiger charge is -2.14. The van der Waals surface area contributed by atoms with E-state index in [9.17, 15) is 22.0 Å². The Kier molecular flexibility index (Phi) is 3.82. The number of hydrogen-bond donors (Lipinski definition) is 2. The molecule has 0 aromatic heterocycles. The van der Waals surface area contributed by atoms with Gasteiger partial charge in [-0.3, -0.25) is 0 Å². The molecule has 0 saturated heterocycles. The van der Waals surface area contributed by atoms with Crippen molar-refractivity contribution < 1.29 is 22.0 Å². The SMILES string of the molecule is NCC[C@@H](N)c1c(F)c(F)c(F)c(F)c1F. The predicted molar refractivity (Wildman–Crippen MR) is 46.8 cm³/mol. The van der Waals surface area contributed by atoms with Gasteiger partial charge in [-0.2, -0.15) is 0 Å². The minimum Gasteiger partial charge on any atom is -0.330 e. The van der Waals surface area contributed by atoms with Crippen molar-refractivity contribution in [2.24, 2.45) is 11.5 Å². The van der Waals surface area contributed by atoms with E-state index in [-0.39, 0.29) is 13.0 Å². The van der Waals surface area contributed by atoms with Crippen LogP contribution in [-0.4, -0.2) is 6.54 Å². The van der Waals surface area contributed by atoms with Crippen molar-refractivity contribution in [2.75, 3.05) is 6.54 Å². The van der Waals surface area contributed by atoms with Crippen LogP contribution in [0.1, 0.15) is 18.0 Å². The monoisotopic (exact) mass is 240 g/mol. The van der Waals surface area contributed by atoms with Crippen molar-refractivity contribution >= 4 is 0 Å². The van der Waals surface area contributed by atoms with Crippen LogP contribution in [0.5, 0.6) is 0 Å². The molecular weight excluding hydrogens is 231 g/mol. The molecule has 1 rings (SSSR count). The topological polar surface area (TPSA) is 52.0 Å². The second kappa shape index (κ2) is 4.75. The third-order valence-electron chi connectivity index (χ3n) is 2.09. The lowest BCUT2D eigenvalue weighted by atomic mass is 10.0. The maximum Gasteiger partial charge on any atom is 0.200 e. The van der Waals surface area contributed by atoms with Crippen molar-refractivity contribution in [3.8, 4) is 0 Å². The van der Waals surface area contributed by atoms with E-state index in [4.69, 9.17) is 11.5 Å². The van der Waals surface area contributed by atoms with Gasteiger partial charge >= 0.3 is 0 Å². The van der Waals surface area contributed by atoms with E-state index in [1.165, 1.54) is 0 Å². The molecule has 90 valence electrons. The lowest BCUT2D eigenvalue weighted by Crippen LogP contribution is -2.20. The minimum atomic E-state index is -2.20. The Morgan fingerprint density at radius 2 is 1.19 bits per heavy atom. The summed E-state index contributed by atoms with van der Waals surface area (Å²) in [6.07, 6.45) is -0.0850. The number of benzene rings is 1. The zero-order chi connectivity index (χ0) is 12.5. The van der Waals surface area contributed by atoms with Crippen LogP contribution in [-0.2, 0) is 0 Å². The van der Waals surface area contributed by atoms with Gasteiger partial charge in [0, 0.05) is 11.6 Å². The fraction of sp³-hybridized carbons (Fsp3) is 0.333. The van der Waals surface area contributed by atoms with Gasteiger partial charge in [-0.15, -0.1) is 0 Å². The molecule has 0 aliphatic heterocycles. The van der Waals surface area contributed by atoms with E-state index >= 15 is 0 Å². The van der Waals surface area contributed by atoms with Crippen LogP contribution >= 0.6 is 0 Å².